The Balaban J connectivity index is 2.57. The maximum absolute atomic E-state index is 6.06. The van der Waals surface area contributed by atoms with Crippen LogP contribution in [0.4, 0.5) is 0 Å². The summed E-state index contributed by atoms with van der Waals surface area (Å²) in [4.78, 5) is 0. The molecule has 0 aliphatic carbocycles. The van der Waals surface area contributed by atoms with E-state index in [-0.39, 0.29) is 0 Å². The predicted molar refractivity (Wildman–Crippen MR) is 76.1 cm³/mol. The molecule has 0 unspecified atom stereocenters. The molecule has 18 heavy (non-hydrogen) atoms. The number of aryl methyl sites for hydroxylation is 1. The largest absolute Gasteiger partial charge is 0.496 e. The van der Waals surface area contributed by atoms with Crippen LogP contribution in [0, 0.1) is 6.92 Å². The molecule has 0 fully saturated rings. The molecule has 2 aromatic carbocycles. The van der Waals surface area contributed by atoms with Crippen molar-refractivity contribution in [3.05, 3.63) is 52.5 Å². The second-order valence-electron chi connectivity index (χ2n) is 4.20. The highest BCUT2D eigenvalue weighted by Gasteiger charge is 2.09. The van der Waals surface area contributed by atoms with E-state index < -0.39 is 0 Å². The van der Waals surface area contributed by atoms with Crippen LogP contribution < -0.4 is 10.5 Å². The van der Waals surface area contributed by atoms with Gasteiger partial charge in [0.15, 0.2) is 0 Å². The SMILES string of the molecule is COc1ccc(Cl)cc1-c1ccc(CN)cc1C. The third kappa shape index (κ3) is 2.50. The number of ether oxygens (including phenoxy) is 1. The molecule has 3 heteroatoms. The van der Waals surface area contributed by atoms with Crippen molar-refractivity contribution in [2.75, 3.05) is 7.11 Å². The minimum Gasteiger partial charge on any atom is -0.496 e. The Morgan fingerprint density at radius 1 is 1.11 bits per heavy atom. The second-order valence-corrected chi connectivity index (χ2v) is 4.63. The first-order valence-corrected chi connectivity index (χ1v) is 6.17. The van der Waals surface area contributed by atoms with Crippen molar-refractivity contribution in [2.45, 2.75) is 13.5 Å². The standard InChI is InChI=1S/C15H16ClNO/c1-10-7-11(9-17)3-5-13(10)14-8-12(16)4-6-15(14)18-2/h3-8H,9,17H2,1-2H3. The highest BCUT2D eigenvalue weighted by Crippen LogP contribution is 2.34. The fourth-order valence-electron chi connectivity index (χ4n) is 2.05. The molecule has 0 aromatic heterocycles. The van der Waals surface area contributed by atoms with Gasteiger partial charge in [-0.15, -0.1) is 0 Å². The molecule has 0 aliphatic heterocycles. The van der Waals surface area contributed by atoms with Gasteiger partial charge < -0.3 is 10.5 Å². The minimum absolute atomic E-state index is 0.549. The lowest BCUT2D eigenvalue weighted by atomic mass is 9.97. The van der Waals surface area contributed by atoms with Crippen molar-refractivity contribution >= 4 is 11.6 Å². The van der Waals surface area contributed by atoms with Crippen LogP contribution in [0.15, 0.2) is 36.4 Å². The summed E-state index contributed by atoms with van der Waals surface area (Å²) in [5.74, 6) is 0.822. The van der Waals surface area contributed by atoms with Gasteiger partial charge in [0.2, 0.25) is 0 Å². The molecule has 0 spiro atoms. The zero-order chi connectivity index (χ0) is 13.1. The Kier molecular flexibility index (Phi) is 3.90. The Bertz CT molecular complexity index is 566. The topological polar surface area (TPSA) is 35.2 Å². The normalized spacial score (nSPS) is 10.4. The Morgan fingerprint density at radius 3 is 2.50 bits per heavy atom. The van der Waals surface area contributed by atoms with Crippen molar-refractivity contribution in [2.24, 2.45) is 5.73 Å². The van der Waals surface area contributed by atoms with Crippen molar-refractivity contribution in [1.29, 1.82) is 0 Å². The van der Waals surface area contributed by atoms with Gasteiger partial charge in [0.05, 0.1) is 7.11 Å². The minimum atomic E-state index is 0.549. The van der Waals surface area contributed by atoms with Crippen molar-refractivity contribution in [3.63, 3.8) is 0 Å². The fourth-order valence-corrected chi connectivity index (χ4v) is 2.22. The Morgan fingerprint density at radius 2 is 1.89 bits per heavy atom. The molecular formula is C15H16ClNO. The van der Waals surface area contributed by atoms with E-state index in [1.165, 1.54) is 5.56 Å². The lowest BCUT2D eigenvalue weighted by Crippen LogP contribution is -1.97. The molecule has 0 heterocycles. The van der Waals surface area contributed by atoms with E-state index in [1.807, 2.05) is 24.3 Å². The number of rotatable bonds is 3. The number of hydrogen-bond acceptors (Lipinski definition) is 2. The molecule has 0 amide bonds. The first-order chi connectivity index (χ1) is 8.65. The fraction of sp³-hybridized carbons (Fsp3) is 0.200. The first-order valence-electron chi connectivity index (χ1n) is 5.79. The van der Waals surface area contributed by atoms with E-state index in [4.69, 9.17) is 22.1 Å². The lowest BCUT2D eigenvalue weighted by molar-refractivity contribution is 0.416. The highest BCUT2D eigenvalue weighted by atomic mass is 35.5. The lowest BCUT2D eigenvalue weighted by Gasteiger charge is -2.12. The first kappa shape index (κ1) is 12.9. The van der Waals surface area contributed by atoms with Gasteiger partial charge in [-0.25, -0.2) is 0 Å². The number of nitrogens with two attached hydrogens (primary N) is 1. The van der Waals surface area contributed by atoms with Gasteiger partial charge >= 0.3 is 0 Å². The van der Waals surface area contributed by atoms with Crippen LogP contribution in [0.2, 0.25) is 5.02 Å². The molecule has 0 atom stereocenters. The maximum Gasteiger partial charge on any atom is 0.126 e. The summed E-state index contributed by atoms with van der Waals surface area (Å²) in [6.07, 6.45) is 0. The zero-order valence-corrected chi connectivity index (χ0v) is 11.3. The van der Waals surface area contributed by atoms with Gasteiger partial charge in [0, 0.05) is 17.1 Å². The summed E-state index contributed by atoms with van der Waals surface area (Å²) in [6.45, 7) is 2.61. The molecule has 2 aromatic rings. The molecular weight excluding hydrogens is 246 g/mol. The molecule has 2 N–H and O–H groups in total. The zero-order valence-electron chi connectivity index (χ0n) is 10.5. The van der Waals surface area contributed by atoms with Gasteiger partial charge in [-0.1, -0.05) is 29.8 Å². The van der Waals surface area contributed by atoms with Crippen molar-refractivity contribution < 1.29 is 4.74 Å². The van der Waals surface area contributed by atoms with E-state index in [1.54, 1.807) is 7.11 Å². The van der Waals surface area contributed by atoms with Crippen LogP contribution in [-0.4, -0.2) is 7.11 Å². The molecule has 0 saturated carbocycles. The molecule has 2 nitrogen and oxygen atoms in total. The number of methoxy groups -OCH3 is 1. The molecule has 0 aliphatic rings. The third-order valence-corrected chi connectivity index (χ3v) is 3.21. The molecule has 94 valence electrons. The van der Waals surface area contributed by atoms with Crippen LogP contribution >= 0.6 is 11.6 Å². The molecule has 0 saturated heterocycles. The monoisotopic (exact) mass is 261 g/mol. The average Bonchev–Trinajstić information content (AvgIpc) is 2.38. The van der Waals surface area contributed by atoms with Gasteiger partial charge in [-0.3, -0.25) is 0 Å². The van der Waals surface area contributed by atoms with E-state index in [9.17, 15) is 0 Å². The smallest absolute Gasteiger partial charge is 0.126 e. The van der Waals surface area contributed by atoms with E-state index >= 15 is 0 Å². The van der Waals surface area contributed by atoms with Gasteiger partial charge in [-0.2, -0.15) is 0 Å². The van der Waals surface area contributed by atoms with E-state index in [0.717, 1.165) is 22.4 Å². The number of hydrogen-bond donors (Lipinski definition) is 1. The highest BCUT2D eigenvalue weighted by molar-refractivity contribution is 6.31. The predicted octanol–water partition coefficient (Wildman–Crippen LogP) is 3.78. The quantitative estimate of drug-likeness (QED) is 0.913. The second kappa shape index (κ2) is 5.42. The van der Waals surface area contributed by atoms with Crippen LogP contribution in [0.3, 0.4) is 0 Å². The number of benzene rings is 2. The van der Waals surface area contributed by atoms with Crippen LogP contribution in [0.25, 0.3) is 11.1 Å². The molecule has 0 radical (unpaired) electrons. The van der Waals surface area contributed by atoms with Crippen molar-refractivity contribution in [1.82, 2.24) is 0 Å². The van der Waals surface area contributed by atoms with E-state index in [2.05, 4.69) is 19.1 Å². The van der Waals surface area contributed by atoms with Crippen LogP contribution in [-0.2, 0) is 6.54 Å². The Hall–Kier alpha value is -1.51. The van der Waals surface area contributed by atoms with E-state index in [0.29, 0.717) is 11.6 Å². The summed E-state index contributed by atoms with van der Waals surface area (Å²) in [5, 5.41) is 0.702. The summed E-state index contributed by atoms with van der Waals surface area (Å²) in [6, 6.07) is 11.8. The Labute approximate surface area is 112 Å². The maximum atomic E-state index is 6.06. The van der Waals surface area contributed by atoms with Crippen LogP contribution in [0.5, 0.6) is 5.75 Å². The molecule has 2 rings (SSSR count). The summed E-state index contributed by atoms with van der Waals surface area (Å²) < 4.78 is 5.38. The average molecular weight is 262 g/mol. The number of halogens is 1. The molecule has 0 bridgehead atoms. The summed E-state index contributed by atoms with van der Waals surface area (Å²) in [7, 11) is 1.66. The van der Waals surface area contributed by atoms with Gasteiger partial charge in [0.1, 0.15) is 5.75 Å². The van der Waals surface area contributed by atoms with Crippen molar-refractivity contribution in [3.8, 4) is 16.9 Å². The third-order valence-electron chi connectivity index (χ3n) is 2.98. The summed E-state index contributed by atoms with van der Waals surface area (Å²) >= 11 is 6.06. The summed E-state index contributed by atoms with van der Waals surface area (Å²) in [5.41, 5.74) is 10.1. The van der Waals surface area contributed by atoms with Gasteiger partial charge in [-0.05, 0) is 41.8 Å². The van der Waals surface area contributed by atoms with Crippen LogP contribution in [0.1, 0.15) is 11.1 Å². The van der Waals surface area contributed by atoms with Gasteiger partial charge in [0.25, 0.3) is 0 Å².